The Morgan fingerprint density at radius 2 is 1.62 bits per heavy atom. The number of hydrogen-bond acceptors (Lipinski definition) is 3. The number of rotatable bonds is 4. The van der Waals surface area contributed by atoms with Gasteiger partial charge >= 0.3 is 6.03 Å². The third-order valence-electron chi connectivity index (χ3n) is 4.79. The number of thiazole rings is 1. The predicted molar refractivity (Wildman–Crippen MR) is 122 cm³/mol. The zero-order valence-electron chi connectivity index (χ0n) is 16.3. The van der Waals surface area contributed by atoms with E-state index in [0.29, 0.717) is 0 Å². The third-order valence-corrected chi connectivity index (χ3v) is 5.69. The van der Waals surface area contributed by atoms with Gasteiger partial charge < -0.3 is 10.6 Å². The molecule has 0 bridgehead atoms. The Morgan fingerprint density at radius 1 is 0.862 bits per heavy atom. The van der Waals surface area contributed by atoms with E-state index in [4.69, 9.17) is 4.98 Å². The summed E-state index contributed by atoms with van der Waals surface area (Å²) in [6.07, 6.45) is 0. The van der Waals surface area contributed by atoms with E-state index in [-0.39, 0.29) is 6.03 Å². The van der Waals surface area contributed by atoms with Crippen molar-refractivity contribution in [2.45, 2.75) is 13.8 Å². The van der Waals surface area contributed by atoms with Gasteiger partial charge in [0.1, 0.15) is 5.01 Å². The largest absolute Gasteiger partial charge is 0.323 e. The first-order valence-corrected chi connectivity index (χ1v) is 10.2. The highest BCUT2D eigenvalue weighted by atomic mass is 32.1. The van der Waals surface area contributed by atoms with Gasteiger partial charge in [0.15, 0.2) is 0 Å². The van der Waals surface area contributed by atoms with Crippen LogP contribution < -0.4 is 10.6 Å². The summed E-state index contributed by atoms with van der Waals surface area (Å²) in [5.74, 6) is 0. The number of carbonyl (C=O) groups excluding carboxylic acids is 1. The van der Waals surface area contributed by atoms with Gasteiger partial charge in [-0.25, -0.2) is 9.78 Å². The van der Waals surface area contributed by atoms with E-state index in [1.165, 1.54) is 0 Å². The van der Waals surface area contributed by atoms with Crippen molar-refractivity contribution in [3.05, 3.63) is 89.3 Å². The van der Waals surface area contributed by atoms with Crippen molar-refractivity contribution in [1.82, 2.24) is 4.98 Å². The lowest BCUT2D eigenvalue weighted by atomic mass is 10.1. The molecule has 0 saturated heterocycles. The Morgan fingerprint density at radius 3 is 2.45 bits per heavy atom. The number of nitrogens with one attached hydrogen (secondary N) is 2. The van der Waals surface area contributed by atoms with Crippen LogP contribution in [0.3, 0.4) is 0 Å². The minimum atomic E-state index is -0.265. The number of hydrogen-bond donors (Lipinski definition) is 2. The Labute approximate surface area is 174 Å². The summed E-state index contributed by atoms with van der Waals surface area (Å²) in [7, 11) is 0. The maximum absolute atomic E-state index is 12.4. The number of aromatic nitrogens is 1. The standard InChI is InChI=1S/C24H21N3OS/c1-16-8-6-13-21(17(16)2)27-24(28)25-20-12-7-11-19(14-20)22-15-29-23(26-22)18-9-4-3-5-10-18/h3-15H,1-2H3,(H2,25,27,28). The van der Waals surface area contributed by atoms with Crippen molar-refractivity contribution >= 4 is 28.7 Å². The minimum absolute atomic E-state index is 0.265. The van der Waals surface area contributed by atoms with E-state index in [1.54, 1.807) is 11.3 Å². The molecule has 1 heterocycles. The van der Waals surface area contributed by atoms with E-state index in [0.717, 1.165) is 44.3 Å². The summed E-state index contributed by atoms with van der Waals surface area (Å²) in [6, 6.07) is 23.4. The lowest BCUT2D eigenvalue weighted by Crippen LogP contribution is -2.20. The summed E-state index contributed by atoms with van der Waals surface area (Å²) in [5, 5.41) is 8.85. The number of carbonyl (C=O) groups is 1. The molecule has 4 aromatic rings. The van der Waals surface area contributed by atoms with E-state index in [1.807, 2.05) is 79.9 Å². The van der Waals surface area contributed by atoms with E-state index in [2.05, 4.69) is 22.8 Å². The van der Waals surface area contributed by atoms with E-state index in [9.17, 15) is 4.79 Å². The molecule has 3 aromatic carbocycles. The zero-order valence-corrected chi connectivity index (χ0v) is 17.1. The number of aryl methyl sites for hydroxylation is 1. The van der Waals surface area contributed by atoms with Crippen LogP contribution in [0.15, 0.2) is 78.2 Å². The van der Waals surface area contributed by atoms with Gasteiger partial charge in [0, 0.05) is 27.9 Å². The maximum Gasteiger partial charge on any atom is 0.323 e. The Balaban J connectivity index is 1.50. The van der Waals surface area contributed by atoms with Crippen molar-refractivity contribution < 1.29 is 4.79 Å². The number of nitrogens with zero attached hydrogens (tertiary/aromatic N) is 1. The van der Waals surface area contributed by atoms with Gasteiger partial charge in [0.05, 0.1) is 5.69 Å². The second kappa shape index (κ2) is 8.29. The second-order valence-corrected chi connectivity index (χ2v) is 7.67. The summed E-state index contributed by atoms with van der Waals surface area (Å²) in [5.41, 5.74) is 6.70. The first kappa shape index (κ1) is 18.9. The van der Waals surface area contributed by atoms with Gasteiger partial charge in [0.2, 0.25) is 0 Å². The van der Waals surface area contributed by atoms with Gasteiger partial charge in [-0.15, -0.1) is 11.3 Å². The van der Waals surface area contributed by atoms with Gasteiger partial charge in [0.25, 0.3) is 0 Å². The minimum Gasteiger partial charge on any atom is -0.308 e. The van der Waals surface area contributed by atoms with Crippen molar-refractivity contribution in [3.8, 4) is 21.8 Å². The maximum atomic E-state index is 12.4. The number of benzene rings is 3. The van der Waals surface area contributed by atoms with Crippen LogP contribution >= 0.6 is 11.3 Å². The molecule has 0 fully saturated rings. The lowest BCUT2D eigenvalue weighted by molar-refractivity contribution is 0.262. The third kappa shape index (κ3) is 4.36. The summed E-state index contributed by atoms with van der Waals surface area (Å²) in [4.78, 5) is 17.2. The molecule has 0 aliphatic rings. The number of amides is 2. The molecule has 0 aliphatic carbocycles. The normalized spacial score (nSPS) is 10.6. The molecule has 1 aromatic heterocycles. The molecule has 0 saturated carbocycles. The predicted octanol–water partition coefficient (Wildman–Crippen LogP) is 6.74. The van der Waals surface area contributed by atoms with Gasteiger partial charge in [-0.05, 0) is 43.2 Å². The molecule has 2 amide bonds. The molecule has 144 valence electrons. The molecule has 4 rings (SSSR count). The summed E-state index contributed by atoms with van der Waals surface area (Å²) < 4.78 is 0. The van der Waals surface area contributed by atoms with Crippen LogP contribution in [0.4, 0.5) is 16.2 Å². The van der Waals surface area contributed by atoms with Crippen molar-refractivity contribution in [3.63, 3.8) is 0 Å². The highest BCUT2D eigenvalue weighted by Gasteiger charge is 2.09. The van der Waals surface area contributed by atoms with E-state index >= 15 is 0 Å². The average molecular weight is 400 g/mol. The quantitative estimate of drug-likeness (QED) is 0.399. The molecule has 0 atom stereocenters. The molecular weight excluding hydrogens is 378 g/mol. The molecular formula is C24H21N3OS. The number of anilines is 2. The fourth-order valence-electron chi connectivity index (χ4n) is 3.05. The molecule has 29 heavy (non-hydrogen) atoms. The molecule has 0 aliphatic heterocycles. The Bertz CT molecular complexity index is 1150. The molecule has 5 heteroatoms. The summed E-state index contributed by atoms with van der Waals surface area (Å²) >= 11 is 1.61. The number of urea groups is 1. The molecule has 2 N–H and O–H groups in total. The average Bonchev–Trinajstić information content (AvgIpc) is 3.23. The highest BCUT2D eigenvalue weighted by Crippen LogP contribution is 2.30. The Kier molecular flexibility index (Phi) is 5.40. The van der Waals surface area contributed by atoms with Crippen LogP contribution in [0.5, 0.6) is 0 Å². The topological polar surface area (TPSA) is 54.0 Å². The first-order valence-electron chi connectivity index (χ1n) is 9.36. The fraction of sp³-hybridized carbons (Fsp3) is 0.0833. The molecule has 0 radical (unpaired) electrons. The van der Waals surface area contributed by atoms with Gasteiger partial charge in [-0.2, -0.15) is 0 Å². The van der Waals surface area contributed by atoms with Gasteiger partial charge in [-0.3, -0.25) is 0 Å². The van der Waals surface area contributed by atoms with Crippen molar-refractivity contribution in [1.29, 1.82) is 0 Å². The van der Waals surface area contributed by atoms with Crippen LogP contribution in [-0.2, 0) is 0 Å². The summed E-state index contributed by atoms with van der Waals surface area (Å²) in [6.45, 7) is 4.03. The van der Waals surface area contributed by atoms with Crippen LogP contribution in [0.25, 0.3) is 21.8 Å². The Hall–Kier alpha value is -3.44. The first-order chi connectivity index (χ1) is 14.1. The fourth-order valence-corrected chi connectivity index (χ4v) is 3.88. The van der Waals surface area contributed by atoms with Crippen molar-refractivity contribution in [2.24, 2.45) is 0 Å². The SMILES string of the molecule is Cc1cccc(NC(=O)Nc2cccc(-c3csc(-c4ccccc4)n3)c2)c1C. The van der Waals surface area contributed by atoms with Gasteiger partial charge in [-0.1, -0.05) is 54.6 Å². The molecule has 0 spiro atoms. The zero-order chi connectivity index (χ0) is 20.2. The van der Waals surface area contributed by atoms with Crippen LogP contribution in [0.1, 0.15) is 11.1 Å². The molecule has 0 unspecified atom stereocenters. The second-order valence-electron chi connectivity index (χ2n) is 6.81. The highest BCUT2D eigenvalue weighted by molar-refractivity contribution is 7.13. The van der Waals surface area contributed by atoms with Crippen LogP contribution in [0, 0.1) is 13.8 Å². The monoisotopic (exact) mass is 399 g/mol. The van der Waals surface area contributed by atoms with Crippen LogP contribution in [-0.4, -0.2) is 11.0 Å². The van der Waals surface area contributed by atoms with Crippen molar-refractivity contribution in [2.75, 3.05) is 10.6 Å². The smallest absolute Gasteiger partial charge is 0.308 e. The molecule has 4 nitrogen and oxygen atoms in total. The van der Waals surface area contributed by atoms with E-state index < -0.39 is 0 Å². The lowest BCUT2D eigenvalue weighted by Gasteiger charge is -2.12. The van der Waals surface area contributed by atoms with Crippen LogP contribution in [0.2, 0.25) is 0 Å².